The third kappa shape index (κ3) is 9.95. The molecule has 2 saturated heterocycles. The van der Waals surface area contributed by atoms with Crippen LogP contribution < -0.4 is 9.47 Å². The van der Waals surface area contributed by atoms with E-state index in [4.69, 9.17) is 9.47 Å². The zero-order valence-corrected chi connectivity index (χ0v) is 34.5. The summed E-state index contributed by atoms with van der Waals surface area (Å²) in [6, 6.07) is 9.65. The van der Waals surface area contributed by atoms with Gasteiger partial charge in [0.25, 0.3) is 0 Å². The highest BCUT2D eigenvalue weighted by Gasteiger charge is 2.59. The Hall–Kier alpha value is -4.60. The highest BCUT2D eigenvalue weighted by atomic mass is 32.2. The van der Waals surface area contributed by atoms with Crippen molar-refractivity contribution in [3.05, 3.63) is 48.5 Å². The van der Waals surface area contributed by atoms with Gasteiger partial charge in [-0.05, 0) is 88.1 Å². The summed E-state index contributed by atoms with van der Waals surface area (Å²) in [7, 11) is -20.5. The van der Waals surface area contributed by atoms with E-state index in [0.29, 0.717) is 0 Å². The summed E-state index contributed by atoms with van der Waals surface area (Å²) in [5, 5.41) is 19.2. The molecule has 0 atom stereocenters. The van der Waals surface area contributed by atoms with Gasteiger partial charge in [0.15, 0.2) is 29.2 Å². The normalized spacial score (nSPS) is 17.6. The number of ether oxygens (including phenoxy) is 2. The molecule has 0 unspecified atom stereocenters. The van der Waals surface area contributed by atoms with Gasteiger partial charge in [-0.25, -0.2) is 33.7 Å². The number of hydrogen-bond donors (Lipinski definition) is 2. The molecule has 4 rings (SSSR count). The number of carboxylic acids is 2. The van der Waals surface area contributed by atoms with Crippen molar-refractivity contribution in [2.75, 3.05) is 39.4 Å². The number of carbonyl (C=O) groups is 2. The highest BCUT2D eigenvalue weighted by Crippen LogP contribution is 2.41. The highest BCUT2D eigenvalue weighted by molar-refractivity contribution is 7.94. The molecule has 332 valence electrons. The minimum atomic E-state index is -5.68. The van der Waals surface area contributed by atoms with E-state index in [1.54, 1.807) is 13.8 Å². The maximum absolute atomic E-state index is 13.0. The Kier molecular flexibility index (Phi) is 15.4. The number of nitrogens with zero attached hydrogens (tertiary/aromatic N) is 2. The third-order valence-electron chi connectivity index (χ3n) is 9.38. The van der Waals surface area contributed by atoms with Gasteiger partial charge in [-0.1, -0.05) is 11.8 Å². The fourth-order valence-electron chi connectivity index (χ4n) is 5.93. The molecule has 0 aromatic heterocycles. The van der Waals surface area contributed by atoms with Gasteiger partial charge in [-0.2, -0.15) is 35.0 Å². The first-order valence-corrected chi connectivity index (χ1v) is 22.8. The van der Waals surface area contributed by atoms with Crippen molar-refractivity contribution in [1.29, 1.82) is 0 Å². The number of rotatable bonds is 12. The van der Waals surface area contributed by atoms with Crippen molar-refractivity contribution in [2.45, 2.75) is 69.8 Å². The first-order valence-electron chi connectivity index (χ1n) is 16.9. The van der Waals surface area contributed by atoms with Crippen LogP contribution in [-0.2, 0) is 49.3 Å². The number of alkyl halides is 6. The van der Waals surface area contributed by atoms with Crippen LogP contribution in [0.15, 0.2) is 58.3 Å². The molecular formula is C34H36F6N2O14S4. The molecule has 16 nitrogen and oxygen atoms in total. The zero-order valence-electron chi connectivity index (χ0n) is 31.3. The largest absolute Gasteiger partial charge is 0.511 e. The van der Waals surface area contributed by atoms with Crippen LogP contribution in [0.3, 0.4) is 0 Å². The van der Waals surface area contributed by atoms with Gasteiger partial charge in [-0.15, -0.1) is 11.8 Å². The lowest BCUT2D eigenvalue weighted by Gasteiger charge is -2.37. The maximum Gasteiger partial charge on any atom is 0.511 e. The van der Waals surface area contributed by atoms with Crippen molar-refractivity contribution in [3.8, 4) is 35.2 Å². The first kappa shape index (κ1) is 49.8. The fourth-order valence-corrected chi connectivity index (χ4v) is 11.6. The van der Waals surface area contributed by atoms with E-state index in [-0.39, 0.29) is 43.1 Å². The molecule has 0 amide bonds. The van der Waals surface area contributed by atoms with Crippen LogP contribution in [-0.4, -0.2) is 124 Å². The molecule has 0 radical (unpaired) electrons. The van der Waals surface area contributed by atoms with Crippen molar-refractivity contribution in [1.82, 2.24) is 8.61 Å². The van der Waals surface area contributed by atoms with E-state index in [0.717, 1.165) is 24.3 Å². The van der Waals surface area contributed by atoms with Crippen LogP contribution in [0.5, 0.6) is 11.5 Å². The third-order valence-corrected chi connectivity index (χ3v) is 17.6. The van der Waals surface area contributed by atoms with Crippen molar-refractivity contribution in [2.24, 2.45) is 0 Å². The number of piperidine rings is 2. The van der Waals surface area contributed by atoms with Crippen LogP contribution >= 0.6 is 0 Å². The van der Waals surface area contributed by atoms with Gasteiger partial charge in [0.1, 0.15) is 24.7 Å². The molecule has 0 spiro atoms. The molecule has 2 N–H and O–H groups in total. The fraction of sp³-hybridized carbons (Fsp3) is 0.471. The number of benzene rings is 2. The Balaban J connectivity index is 0.000000320. The van der Waals surface area contributed by atoms with Gasteiger partial charge in [0, 0.05) is 26.2 Å². The Labute approximate surface area is 341 Å². The van der Waals surface area contributed by atoms with Gasteiger partial charge < -0.3 is 19.7 Å². The number of aliphatic carboxylic acids is 2. The summed E-state index contributed by atoms with van der Waals surface area (Å²) >= 11 is 0. The van der Waals surface area contributed by atoms with Crippen LogP contribution in [0.1, 0.15) is 39.5 Å². The van der Waals surface area contributed by atoms with Gasteiger partial charge >= 0.3 is 43.0 Å². The zero-order chi connectivity index (χ0) is 45.6. The second-order valence-electron chi connectivity index (χ2n) is 12.7. The molecule has 0 saturated carbocycles. The monoisotopic (exact) mass is 938 g/mol. The second kappa shape index (κ2) is 18.6. The topological polar surface area (TPSA) is 236 Å². The molecule has 2 aromatic carbocycles. The first-order chi connectivity index (χ1) is 27.6. The van der Waals surface area contributed by atoms with E-state index in [1.165, 1.54) is 24.3 Å². The van der Waals surface area contributed by atoms with Crippen molar-refractivity contribution in [3.63, 3.8) is 0 Å². The predicted octanol–water partition coefficient (Wildman–Crippen LogP) is 3.26. The van der Waals surface area contributed by atoms with Gasteiger partial charge in [0.2, 0.25) is 0 Å². The van der Waals surface area contributed by atoms with Crippen molar-refractivity contribution < 1.29 is 89.3 Å². The minimum Gasteiger partial charge on any atom is -0.481 e. The van der Waals surface area contributed by atoms with Crippen LogP contribution in [0, 0.1) is 23.7 Å². The second-order valence-corrected chi connectivity index (χ2v) is 21.1. The Bertz CT molecular complexity index is 2300. The lowest BCUT2D eigenvalue weighted by Crippen LogP contribution is -2.56. The van der Waals surface area contributed by atoms with Crippen molar-refractivity contribution >= 4 is 51.7 Å². The summed E-state index contributed by atoms with van der Waals surface area (Å²) in [4.78, 5) is 23.0. The SMILES string of the molecule is CC#CCOc1ccc(S(=O)(=O)C2(C(=O)O)CCN(S(=O)(=O)C(F)(F)F)CC2)cc1.CC#CCOc1ccc(S(=O)(=O)C2(C(=O)O)CCN(S(=O)(=O)C(F)(F)F)CC2)cc1. The quantitative estimate of drug-likeness (QED) is 0.230. The molecule has 2 heterocycles. The van der Waals surface area contributed by atoms with Gasteiger partial charge in [-0.3, -0.25) is 9.59 Å². The molecule has 2 aliphatic heterocycles. The lowest BCUT2D eigenvalue weighted by atomic mass is 9.97. The van der Waals surface area contributed by atoms with E-state index in [9.17, 15) is 79.8 Å². The average Bonchev–Trinajstić information content (AvgIpc) is 3.17. The number of carboxylic acid groups (broad SMARTS) is 2. The number of hydrogen-bond acceptors (Lipinski definition) is 12. The maximum atomic E-state index is 13.0. The molecule has 60 heavy (non-hydrogen) atoms. The molecule has 2 aromatic rings. The van der Waals surface area contributed by atoms with Crippen LogP contribution in [0.2, 0.25) is 0 Å². The smallest absolute Gasteiger partial charge is 0.481 e. The average molecular weight is 939 g/mol. The van der Waals surface area contributed by atoms with E-state index < -0.39 is 124 Å². The minimum absolute atomic E-state index is 0.0510. The molecule has 26 heteroatoms. The number of halogens is 6. The van der Waals surface area contributed by atoms with E-state index in [2.05, 4.69) is 23.7 Å². The summed E-state index contributed by atoms with van der Waals surface area (Å²) in [6.07, 6.45) is -3.32. The molecule has 0 bridgehead atoms. The summed E-state index contributed by atoms with van der Waals surface area (Å²) < 4.78 is 180. The number of sulfone groups is 2. The Morgan fingerprint density at radius 3 is 1.07 bits per heavy atom. The molecular weight excluding hydrogens is 903 g/mol. The summed E-state index contributed by atoms with van der Waals surface area (Å²) in [5.41, 5.74) is -11.1. The number of sulfonamides is 2. The predicted molar refractivity (Wildman–Crippen MR) is 197 cm³/mol. The lowest BCUT2D eigenvalue weighted by molar-refractivity contribution is -0.142. The summed E-state index contributed by atoms with van der Waals surface area (Å²) in [5.74, 6) is 7.54. The van der Waals surface area contributed by atoms with E-state index >= 15 is 0 Å². The van der Waals surface area contributed by atoms with Crippen LogP contribution in [0.4, 0.5) is 26.3 Å². The Morgan fingerprint density at radius 2 is 0.850 bits per heavy atom. The summed E-state index contributed by atoms with van der Waals surface area (Å²) in [6.45, 7) is -0.259. The van der Waals surface area contributed by atoms with Crippen LogP contribution in [0.25, 0.3) is 0 Å². The van der Waals surface area contributed by atoms with E-state index in [1.807, 2.05) is 0 Å². The molecule has 2 fully saturated rings. The standard InChI is InChI=1S/2C17H18F3NO7S2/c2*1-2-3-12-28-13-4-6-14(7-5-13)29(24,25)16(15(22)23)8-10-21(11-9-16)30(26,27)17(18,19)20/h2*4-7H,8-12H2,1H3,(H,22,23). The molecule has 0 aliphatic carbocycles. The van der Waals surface area contributed by atoms with Gasteiger partial charge in [0.05, 0.1) is 9.79 Å². The molecule has 2 aliphatic rings. The Morgan fingerprint density at radius 1 is 0.583 bits per heavy atom.